The maximum atomic E-state index is 2.36. The molecule has 0 amide bonds. The van der Waals surface area contributed by atoms with Crippen LogP contribution in [-0.4, -0.2) is 0 Å². The van der Waals surface area contributed by atoms with Crippen molar-refractivity contribution in [3.63, 3.8) is 0 Å². The Morgan fingerprint density at radius 1 is 0.762 bits per heavy atom. The Kier molecular flexibility index (Phi) is 4.55. The molecule has 2 aromatic rings. The molecule has 0 bridgehead atoms. The van der Waals surface area contributed by atoms with Crippen LogP contribution in [0.2, 0.25) is 0 Å². The summed E-state index contributed by atoms with van der Waals surface area (Å²) in [6.07, 6.45) is 8.83. The Labute approximate surface area is 128 Å². The van der Waals surface area contributed by atoms with Gasteiger partial charge in [-0.15, -0.1) is 0 Å². The van der Waals surface area contributed by atoms with Crippen molar-refractivity contribution in [2.24, 2.45) is 0 Å². The highest BCUT2D eigenvalue weighted by Gasteiger charge is 2.21. The molecule has 0 spiro atoms. The largest absolute Gasteiger partial charge is 0.0654 e. The minimum absolute atomic E-state index is 1.19. The van der Waals surface area contributed by atoms with E-state index in [0.717, 1.165) is 0 Å². The summed E-state index contributed by atoms with van der Waals surface area (Å²) in [5.41, 5.74) is 7.12. The van der Waals surface area contributed by atoms with Gasteiger partial charge in [-0.2, -0.15) is 0 Å². The van der Waals surface area contributed by atoms with Crippen LogP contribution in [0.25, 0.3) is 11.1 Å². The summed E-state index contributed by atoms with van der Waals surface area (Å²) in [7, 11) is 0. The molecule has 0 atom stereocenters. The van der Waals surface area contributed by atoms with Gasteiger partial charge in [0, 0.05) is 6.42 Å². The number of rotatable bonds is 6. The van der Waals surface area contributed by atoms with Crippen molar-refractivity contribution in [1.82, 2.24) is 0 Å². The van der Waals surface area contributed by atoms with E-state index in [0.29, 0.717) is 0 Å². The Bertz CT molecular complexity index is 619. The van der Waals surface area contributed by atoms with Crippen molar-refractivity contribution in [2.45, 2.75) is 39.0 Å². The van der Waals surface area contributed by atoms with Crippen molar-refractivity contribution in [3.05, 3.63) is 77.7 Å². The molecule has 1 radical (unpaired) electrons. The molecular formula is C21H23. The molecule has 3 rings (SSSR count). The van der Waals surface area contributed by atoms with E-state index in [1.54, 1.807) is 0 Å². The third kappa shape index (κ3) is 3.10. The summed E-state index contributed by atoms with van der Waals surface area (Å²) in [4.78, 5) is 0. The van der Waals surface area contributed by atoms with Crippen molar-refractivity contribution in [2.75, 3.05) is 0 Å². The second-order valence-corrected chi connectivity index (χ2v) is 5.80. The van der Waals surface area contributed by atoms with Crippen molar-refractivity contribution >= 4 is 11.1 Å². The highest BCUT2D eigenvalue weighted by atomic mass is 14.2. The molecule has 0 saturated heterocycles. The van der Waals surface area contributed by atoms with Gasteiger partial charge in [0.15, 0.2) is 0 Å². The summed E-state index contributed by atoms with van der Waals surface area (Å²) in [5, 5.41) is 0. The zero-order valence-corrected chi connectivity index (χ0v) is 12.8. The SMILES string of the molecule is CCCCCCC1=C(c2ccccc2)[CH]c2ccccc21. The van der Waals surface area contributed by atoms with E-state index in [9.17, 15) is 0 Å². The molecule has 1 aliphatic rings. The standard InChI is InChI=1S/C21H23/c1-2-3-4-8-15-20-19-14-10-9-13-18(19)16-21(20)17-11-6-5-7-12-17/h5-7,9-14,16H,2-4,8,15H2,1H3. The Morgan fingerprint density at radius 2 is 1.52 bits per heavy atom. The maximum Gasteiger partial charge on any atom is 0.0214 e. The van der Waals surface area contributed by atoms with Gasteiger partial charge in [-0.25, -0.2) is 0 Å². The number of hydrogen-bond acceptors (Lipinski definition) is 0. The highest BCUT2D eigenvalue weighted by molar-refractivity contribution is 6.02. The topological polar surface area (TPSA) is 0 Å². The van der Waals surface area contributed by atoms with Crippen molar-refractivity contribution in [1.29, 1.82) is 0 Å². The van der Waals surface area contributed by atoms with E-state index < -0.39 is 0 Å². The van der Waals surface area contributed by atoms with E-state index in [-0.39, 0.29) is 0 Å². The summed E-state index contributed by atoms with van der Waals surface area (Å²) in [5.74, 6) is 0. The van der Waals surface area contributed by atoms with Crippen molar-refractivity contribution < 1.29 is 0 Å². The zero-order valence-electron chi connectivity index (χ0n) is 12.8. The molecule has 0 nitrogen and oxygen atoms in total. The number of fused-ring (bicyclic) bond motifs is 1. The number of benzene rings is 2. The second kappa shape index (κ2) is 6.76. The molecular weight excluding hydrogens is 252 g/mol. The van der Waals surface area contributed by atoms with Crippen LogP contribution in [0.5, 0.6) is 0 Å². The lowest BCUT2D eigenvalue weighted by Gasteiger charge is -2.09. The van der Waals surface area contributed by atoms with Crippen LogP contribution in [0.3, 0.4) is 0 Å². The molecule has 2 aromatic carbocycles. The average Bonchev–Trinajstić information content (AvgIpc) is 2.91. The van der Waals surface area contributed by atoms with E-state index in [1.807, 2.05) is 0 Å². The van der Waals surface area contributed by atoms with Gasteiger partial charge in [-0.05, 0) is 40.7 Å². The van der Waals surface area contributed by atoms with Crippen LogP contribution in [0.1, 0.15) is 55.7 Å². The molecule has 0 aromatic heterocycles. The minimum Gasteiger partial charge on any atom is -0.0654 e. The Morgan fingerprint density at radius 3 is 2.33 bits per heavy atom. The predicted octanol–water partition coefficient (Wildman–Crippen LogP) is 6.13. The minimum atomic E-state index is 1.19. The van der Waals surface area contributed by atoms with E-state index in [4.69, 9.17) is 0 Å². The number of allylic oxidation sites excluding steroid dienone is 2. The van der Waals surface area contributed by atoms with Gasteiger partial charge in [0.05, 0.1) is 0 Å². The monoisotopic (exact) mass is 275 g/mol. The fourth-order valence-electron chi connectivity index (χ4n) is 3.16. The third-order valence-corrected chi connectivity index (χ3v) is 4.28. The fraction of sp³-hybridized carbons (Fsp3) is 0.286. The third-order valence-electron chi connectivity index (χ3n) is 4.28. The molecule has 0 heteroatoms. The molecule has 0 aliphatic heterocycles. The first-order chi connectivity index (χ1) is 10.4. The van der Waals surface area contributed by atoms with Crippen LogP contribution in [0, 0.1) is 6.42 Å². The van der Waals surface area contributed by atoms with Gasteiger partial charge in [0.2, 0.25) is 0 Å². The molecule has 1 aliphatic carbocycles. The first kappa shape index (κ1) is 14.1. The van der Waals surface area contributed by atoms with Gasteiger partial charge in [0.1, 0.15) is 0 Å². The molecule has 0 N–H and O–H groups in total. The first-order valence-corrected chi connectivity index (χ1v) is 8.13. The lowest BCUT2D eigenvalue weighted by molar-refractivity contribution is 0.679. The van der Waals surface area contributed by atoms with Crippen LogP contribution in [0.15, 0.2) is 54.6 Å². The predicted molar refractivity (Wildman–Crippen MR) is 91.9 cm³/mol. The summed E-state index contributed by atoms with van der Waals surface area (Å²) in [6, 6.07) is 19.6. The van der Waals surface area contributed by atoms with E-state index >= 15 is 0 Å². The Balaban J connectivity index is 1.89. The van der Waals surface area contributed by atoms with Gasteiger partial charge in [-0.3, -0.25) is 0 Å². The van der Waals surface area contributed by atoms with Gasteiger partial charge < -0.3 is 0 Å². The van der Waals surface area contributed by atoms with Gasteiger partial charge in [0.25, 0.3) is 0 Å². The molecule has 0 fully saturated rings. The van der Waals surface area contributed by atoms with E-state index in [2.05, 4.69) is 67.9 Å². The lowest BCUT2D eigenvalue weighted by Crippen LogP contribution is -1.87. The number of hydrogen-bond donors (Lipinski definition) is 0. The Hall–Kier alpha value is -1.82. The highest BCUT2D eigenvalue weighted by Crippen LogP contribution is 2.42. The normalized spacial score (nSPS) is 13.6. The lowest BCUT2D eigenvalue weighted by atomic mass is 9.96. The number of unbranched alkanes of at least 4 members (excludes halogenated alkanes) is 3. The molecule has 0 saturated carbocycles. The summed E-state index contributed by atoms with van der Waals surface area (Å²) < 4.78 is 0. The van der Waals surface area contributed by atoms with Crippen LogP contribution >= 0.6 is 0 Å². The van der Waals surface area contributed by atoms with Gasteiger partial charge in [-0.1, -0.05) is 80.8 Å². The molecule has 0 unspecified atom stereocenters. The summed E-state index contributed by atoms with van der Waals surface area (Å²) >= 11 is 0. The molecule has 0 heterocycles. The zero-order chi connectivity index (χ0) is 14.5. The van der Waals surface area contributed by atoms with Gasteiger partial charge >= 0.3 is 0 Å². The van der Waals surface area contributed by atoms with Crippen LogP contribution < -0.4 is 0 Å². The maximum absolute atomic E-state index is 2.36. The fourth-order valence-corrected chi connectivity index (χ4v) is 3.16. The first-order valence-electron chi connectivity index (χ1n) is 8.13. The molecule has 107 valence electrons. The van der Waals surface area contributed by atoms with Crippen LogP contribution in [0.4, 0.5) is 0 Å². The van der Waals surface area contributed by atoms with Crippen molar-refractivity contribution in [3.8, 4) is 0 Å². The van der Waals surface area contributed by atoms with Crippen LogP contribution in [-0.2, 0) is 0 Å². The second-order valence-electron chi connectivity index (χ2n) is 5.80. The average molecular weight is 275 g/mol. The smallest absolute Gasteiger partial charge is 0.0214 e. The van der Waals surface area contributed by atoms with E-state index in [1.165, 1.54) is 59.9 Å². The molecule has 21 heavy (non-hydrogen) atoms. The quantitative estimate of drug-likeness (QED) is 0.556. The summed E-state index contributed by atoms with van der Waals surface area (Å²) in [6.45, 7) is 2.27.